The van der Waals surface area contributed by atoms with E-state index < -0.39 is 10.9 Å². The summed E-state index contributed by atoms with van der Waals surface area (Å²) >= 11 is 0. The third kappa shape index (κ3) is 3.60. The van der Waals surface area contributed by atoms with Crippen LogP contribution in [0.1, 0.15) is 5.56 Å². The van der Waals surface area contributed by atoms with Gasteiger partial charge in [-0.1, -0.05) is 12.1 Å². The summed E-state index contributed by atoms with van der Waals surface area (Å²) in [5.41, 5.74) is 0.438. The number of nitro groups is 1. The molecule has 68 valence electrons. The zero-order valence-corrected chi connectivity index (χ0v) is 7.60. The summed E-state index contributed by atoms with van der Waals surface area (Å²) in [6.07, 6.45) is -0.224. The number of hydrogen-bond acceptors (Lipinski definition) is 4. The predicted octanol–water partition coefficient (Wildman–Crippen LogP) is -3.11. The molecular formula is C8H6LiNO4. The number of nitro benzene ring substituents is 1. The number of aliphatic carboxylic acids is 1. The molecule has 0 radical (unpaired) electrons. The fourth-order valence-corrected chi connectivity index (χ4v) is 0.902. The van der Waals surface area contributed by atoms with Crippen LogP contribution < -0.4 is 24.0 Å². The standard InChI is InChI=1S/C8H7NO4.Li/c10-8(11)5-6-1-3-7(4-2-6)9(12)13;/h1-4H,5H2,(H,10,11);/q;+1/p-1. The van der Waals surface area contributed by atoms with Crippen LogP contribution in [-0.4, -0.2) is 10.9 Å². The number of carboxylic acid groups (broad SMARTS) is 1. The number of carbonyl (C=O) groups is 1. The first-order chi connectivity index (χ1) is 6.09. The van der Waals surface area contributed by atoms with Gasteiger partial charge in [0.05, 0.1) is 4.92 Å². The Bertz CT molecular complexity index is 336. The summed E-state index contributed by atoms with van der Waals surface area (Å²) in [6, 6.07) is 5.32. The third-order valence-electron chi connectivity index (χ3n) is 1.50. The molecule has 0 aliphatic rings. The van der Waals surface area contributed by atoms with Crippen molar-refractivity contribution in [3.63, 3.8) is 0 Å². The Labute approximate surface area is 92.1 Å². The van der Waals surface area contributed by atoms with Gasteiger partial charge in [0.15, 0.2) is 0 Å². The monoisotopic (exact) mass is 187 g/mol. The molecule has 0 aliphatic heterocycles. The van der Waals surface area contributed by atoms with E-state index in [4.69, 9.17) is 0 Å². The molecule has 14 heavy (non-hydrogen) atoms. The Morgan fingerprint density at radius 3 is 2.14 bits per heavy atom. The number of rotatable bonds is 3. The molecule has 0 heterocycles. The van der Waals surface area contributed by atoms with Crippen LogP contribution in [0, 0.1) is 10.1 Å². The minimum Gasteiger partial charge on any atom is -0.550 e. The van der Waals surface area contributed by atoms with Gasteiger partial charge in [0, 0.05) is 24.5 Å². The normalized spacial score (nSPS) is 8.86. The van der Waals surface area contributed by atoms with Gasteiger partial charge >= 0.3 is 18.9 Å². The van der Waals surface area contributed by atoms with Crippen molar-refractivity contribution in [1.29, 1.82) is 0 Å². The SMILES string of the molecule is O=C([O-])Cc1ccc([N+](=O)[O-])cc1.[Li+]. The molecule has 1 aromatic rings. The van der Waals surface area contributed by atoms with Crippen LogP contribution in [-0.2, 0) is 11.2 Å². The van der Waals surface area contributed by atoms with Crippen molar-refractivity contribution in [1.82, 2.24) is 0 Å². The van der Waals surface area contributed by atoms with Crippen molar-refractivity contribution in [2.45, 2.75) is 6.42 Å². The molecule has 0 saturated heterocycles. The maximum absolute atomic E-state index is 10.2. The van der Waals surface area contributed by atoms with E-state index in [1.807, 2.05) is 0 Å². The topological polar surface area (TPSA) is 83.3 Å². The first-order valence-electron chi connectivity index (χ1n) is 3.53. The molecule has 1 aromatic carbocycles. The van der Waals surface area contributed by atoms with Gasteiger partial charge in [-0.05, 0) is 5.56 Å². The second-order valence-electron chi connectivity index (χ2n) is 2.47. The zero-order chi connectivity index (χ0) is 9.84. The van der Waals surface area contributed by atoms with Crippen LogP contribution in [0.4, 0.5) is 5.69 Å². The fourth-order valence-electron chi connectivity index (χ4n) is 0.902. The predicted molar refractivity (Wildman–Crippen MR) is 41.8 cm³/mol. The summed E-state index contributed by atoms with van der Waals surface area (Å²) < 4.78 is 0. The maximum atomic E-state index is 10.2. The van der Waals surface area contributed by atoms with Gasteiger partial charge in [0.1, 0.15) is 0 Å². The quantitative estimate of drug-likeness (QED) is 0.285. The molecule has 0 atom stereocenters. The molecule has 1 rings (SSSR count). The van der Waals surface area contributed by atoms with Crippen LogP contribution in [0.5, 0.6) is 0 Å². The summed E-state index contributed by atoms with van der Waals surface area (Å²) in [5, 5.41) is 20.4. The van der Waals surface area contributed by atoms with Gasteiger partial charge < -0.3 is 9.90 Å². The Morgan fingerprint density at radius 2 is 1.79 bits per heavy atom. The Morgan fingerprint density at radius 1 is 1.29 bits per heavy atom. The van der Waals surface area contributed by atoms with Crippen molar-refractivity contribution < 1.29 is 33.7 Å². The number of benzene rings is 1. The van der Waals surface area contributed by atoms with E-state index in [0.29, 0.717) is 5.56 Å². The van der Waals surface area contributed by atoms with E-state index in [9.17, 15) is 20.0 Å². The van der Waals surface area contributed by atoms with Crippen LogP contribution >= 0.6 is 0 Å². The first-order valence-corrected chi connectivity index (χ1v) is 3.53. The van der Waals surface area contributed by atoms with Crippen molar-refractivity contribution >= 4 is 11.7 Å². The number of carboxylic acids is 1. The summed E-state index contributed by atoms with van der Waals surface area (Å²) in [6.45, 7) is 0. The molecule has 0 aromatic heterocycles. The van der Waals surface area contributed by atoms with E-state index >= 15 is 0 Å². The largest absolute Gasteiger partial charge is 1.00 e. The summed E-state index contributed by atoms with van der Waals surface area (Å²) in [5.74, 6) is -1.20. The molecule has 0 bridgehead atoms. The first kappa shape index (κ1) is 12.7. The molecule has 0 unspecified atom stereocenters. The molecule has 0 N–H and O–H groups in total. The minimum atomic E-state index is -1.20. The van der Waals surface area contributed by atoms with E-state index in [0.717, 1.165) is 0 Å². The van der Waals surface area contributed by atoms with E-state index in [1.165, 1.54) is 24.3 Å². The van der Waals surface area contributed by atoms with Crippen LogP contribution in [0.2, 0.25) is 0 Å². The molecule has 0 fully saturated rings. The van der Waals surface area contributed by atoms with Crippen LogP contribution in [0.25, 0.3) is 0 Å². The van der Waals surface area contributed by atoms with E-state index in [2.05, 4.69) is 0 Å². The van der Waals surface area contributed by atoms with E-state index in [-0.39, 0.29) is 31.0 Å². The Hall–Kier alpha value is -1.31. The van der Waals surface area contributed by atoms with Gasteiger partial charge in [-0.15, -0.1) is 0 Å². The number of carbonyl (C=O) groups excluding carboxylic acids is 1. The molecule has 0 spiro atoms. The molecule has 6 heteroatoms. The second-order valence-corrected chi connectivity index (χ2v) is 2.47. The zero-order valence-electron chi connectivity index (χ0n) is 7.60. The average molecular weight is 187 g/mol. The number of nitrogens with zero attached hydrogens (tertiary/aromatic N) is 1. The van der Waals surface area contributed by atoms with Crippen molar-refractivity contribution in [2.75, 3.05) is 0 Å². The van der Waals surface area contributed by atoms with Crippen molar-refractivity contribution in [3.05, 3.63) is 39.9 Å². The van der Waals surface area contributed by atoms with E-state index in [1.54, 1.807) is 0 Å². The van der Waals surface area contributed by atoms with Gasteiger partial charge in [-0.2, -0.15) is 0 Å². The van der Waals surface area contributed by atoms with Crippen LogP contribution in [0.3, 0.4) is 0 Å². The van der Waals surface area contributed by atoms with Gasteiger partial charge in [0.2, 0.25) is 0 Å². The Balaban J connectivity index is 0.00000169. The van der Waals surface area contributed by atoms with Gasteiger partial charge in [-0.3, -0.25) is 10.1 Å². The van der Waals surface area contributed by atoms with Crippen molar-refractivity contribution in [3.8, 4) is 0 Å². The number of hydrogen-bond donors (Lipinski definition) is 0. The summed E-state index contributed by atoms with van der Waals surface area (Å²) in [4.78, 5) is 19.8. The Kier molecular flexibility index (Phi) is 4.92. The fraction of sp³-hybridized carbons (Fsp3) is 0.125. The minimum absolute atomic E-state index is 0. The second kappa shape index (κ2) is 5.42. The average Bonchev–Trinajstić information content (AvgIpc) is 2.04. The van der Waals surface area contributed by atoms with Crippen LogP contribution in [0.15, 0.2) is 24.3 Å². The molecule has 0 aliphatic carbocycles. The maximum Gasteiger partial charge on any atom is 1.00 e. The van der Waals surface area contributed by atoms with Crippen molar-refractivity contribution in [2.24, 2.45) is 0 Å². The third-order valence-corrected chi connectivity index (χ3v) is 1.50. The smallest absolute Gasteiger partial charge is 0.550 e. The summed E-state index contributed by atoms with van der Waals surface area (Å²) in [7, 11) is 0. The number of non-ortho nitro benzene ring substituents is 1. The molecule has 0 saturated carbocycles. The molecule has 0 amide bonds. The van der Waals surface area contributed by atoms with Gasteiger partial charge in [0.25, 0.3) is 5.69 Å². The molecule has 5 nitrogen and oxygen atoms in total. The molecular weight excluding hydrogens is 181 g/mol. The van der Waals surface area contributed by atoms with Gasteiger partial charge in [-0.25, -0.2) is 0 Å².